The van der Waals surface area contributed by atoms with Gasteiger partial charge in [-0.2, -0.15) is 13.2 Å². The highest BCUT2D eigenvalue weighted by Gasteiger charge is 2.32. The fourth-order valence-electron chi connectivity index (χ4n) is 1.71. The molecule has 0 aliphatic heterocycles. The molecule has 1 rings (SSSR count). The summed E-state index contributed by atoms with van der Waals surface area (Å²) in [5.74, 6) is -1.45. The van der Waals surface area contributed by atoms with Gasteiger partial charge in [0.05, 0.1) is 11.1 Å². The minimum absolute atomic E-state index is 0.0870. The number of aromatic carboxylic acids is 1. The van der Waals surface area contributed by atoms with Gasteiger partial charge in [0, 0.05) is 17.8 Å². The Balaban J connectivity index is 3.18. The topological polar surface area (TPSA) is 69.6 Å². The van der Waals surface area contributed by atoms with Crippen LogP contribution in [0.5, 0.6) is 0 Å². The molecule has 3 N–H and O–H groups in total. The zero-order valence-electron chi connectivity index (χ0n) is 11.1. The third kappa shape index (κ3) is 4.12. The fourth-order valence-corrected chi connectivity index (χ4v) is 1.71. The van der Waals surface area contributed by atoms with Crippen LogP contribution in [0.3, 0.4) is 0 Å². The Labute approximate surface area is 114 Å². The van der Waals surface area contributed by atoms with Crippen LogP contribution in [0.4, 0.5) is 18.9 Å². The normalized spacial score (nSPS) is 12.3. The summed E-state index contributed by atoms with van der Waals surface area (Å²) < 4.78 is 37.7. The van der Waals surface area contributed by atoms with Crippen molar-refractivity contribution in [3.63, 3.8) is 0 Å². The molecule has 0 spiro atoms. The second-order valence-electron chi connectivity index (χ2n) is 5.05. The first kappa shape index (κ1) is 16.3. The number of carboxylic acids is 1. The highest BCUT2D eigenvalue weighted by atomic mass is 19.4. The summed E-state index contributed by atoms with van der Waals surface area (Å²) in [4.78, 5) is 11.1. The number of hydrogen-bond donors (Lipinski definition) is 3. The SMILES string of the molecule is CC(C)(CCO)Nc1ccc(C(F)(F)F)cc1C(=O)O. The van der Waals surface area contributed by atoms with Crippen LogP contribution >= 0.6 is 0 Å². The quantitative estimate of drug-likeness (QED) is 0.780. The van der Waals surface area contributed by atoms with E-state index in [9.17, 15) is 18.0 Å². The lowest BCUT2D eigenvalue weighted by Crippen LogP contribution is -2.32. The molecule has 0 unspecified atom stereocenters. The predicted octanol–water partition coefficient (Wildman–Crippen LogP) is 2.98. The first-order valence-electron chi connectivity index (χ1n) is 5.90. The number of carbonyl (C=O) groups is 1. The van der Waals surface area contributed by atoms with E-state index < -0.39 is 28.8 Å². The monoisotopic (exact) mass is 291 g/mol. The first-order valence-corrected chi connectivity index (χ1v) is 5.90. The standard InChI is InChI=1S/C13H16F3NO3/c1-12(2,5-6-18)17-10-4-3-8(13(14,15)16)7-9(10)11(19)20/h3-4,7,17-18H,5-6H2,1-2H3,(H,19,20). The summed E-state index contributed by atoms with van der Waals surface area (Å²) in [5.41, 5.74) is -2.02. The van der Waals surface area contributed by atoms with E-state index in [0.717, 1.165) is 12.1 Å². The van der Waals surface area contributed by atoms with Gasteiger partial charge in [-0.05, 0) is 38.5 Å². The van der Waals surface area contributed by atoms with Crippen molar-refractivity contribution in [3.05, 3.63) is 29.3 Å². The van der Waals surface area contributed by atoms with E-state index >= 15 is 0 Å². The average Bonchev–Trinajstić information content (AvgIpc) is 2.26. The molecule has 4 nitrogen and oxygen atoms in total. The predicted molar refractivity (Wildman–Crippen MR) is 67.8 cm³/mol. The van der Waals surface area contributed by atoms with E-state index in [2.05, 4.69) is 5.32 Å². The third-order valence-corrected chi connectivity index (χ3v) is 2.79. The third-order valence-electron chi connectivity index (χ3n) is 2.79. The van der Waals surface area contributed by atoms with Crippen molar-refractivity contribution in [3.8, 4) is 0 Å². The molecule has 0 bridgehead atoms. The van der Waals surface area contributed by atoms with Gasteiger partial charge in [0.2, 0.25) is 0 Å². The summed E-state index contributed by atoms with van der Waals surface area (Å²) in [6.45, 7) is 3.31. The van der Waals surface area contributed by atoms with E-state index in [1.807, 2.05) is 0 Å². The Morgan fingerprint density at radius 1 is 1.30 bits per heavy atom. The van der Waals surface area contributed by atoms with E-state index in [1.165, 1.54) is 0 Å². The Kier molecular flexibility index (Phi) is 4.65. The van der Waals surface area contributed by atoms with Crippen molar-refractivity contribution in [2.75, 3.05) is 11.9 Å². The van der Waals surface area contributed by atoms with E-state index in [1.54, 1.807) is 13.8 Å². The minimum Gasteiger partial charge on any atom is -0.478 e. The molecule has 0 saturated heterocycles. The lowest BCUT2D eigenvalue weighted by Gasteiger charge is -2.27. The number of carboxylic acid groups (broad SMARTS) is 1. The molecule has 0 aliphatic rings. The Hall–Kier alpha value is -1.76. The molecular formula is C13H16F3NO3. The molecule has 0 atom stereocenters. The fraction of sp³-hybridized carbons (Fsp3) is 0.462. The Morgan fingerprint density at radius 2 is 1.90 bits per heavy atom. The summed E-state index contributed by atoms with van der Waals surface area (Å²) >= 11 is 0. The second-order valence-corrected chi connectivity index (χ2v) is 5.05. The number of benzene rings is 1. The van der Waals surface area contributed by atoms with Gasteiger partial charge in [-0.25, -0.2) is 4.79 Å². The summed E-state index contributed by atoms with van der Waals surface area (Å²) in [5, 5.41) is 20.8. The van der Waals surface area contributed by atoms with Gasteiger partial charge in [0.15, 0.2) is 0 Å². The highest BCUT2D eigenvalue weighted by Crippen LogP contribution is 2.32. The second kappa shape index (κ2) is 5.70. The number of halogens is 3. The van der Waals surface area contributed by atoms with Crippen molar-refractivity contribution in [2.24, 2.45) is 0 Å². The van der Waals surface area contributed by atoms with Crippen LogP contribution in [0.25, 0.3) is 0 Å². The van der Waals surface area contributed by atoms with E-state index in [0.29, 0.717) is 12.5 Å². The van der Waals surface area contributed by atoms with Gasteiger partial charge in [0.25, 0.3) is 0 Å². The van der Waals surface area contributed by atoms with Gasteiger partial charge in [-0.1, -0.05) is 0 Å². The van der Waals surface area contributed by atoms with Crippen LogP contribution in [0.15, 0.2) is 18.2 Å². The number of hydrogen-bond acceptors (Lipinski definition) is 3. The summed E-state index contributed by atoms with van der Waals surface area (Å²) in [6.07, 6.45) is -4.27. The molecule has 7 heteroatoms. The van der Waals surface area contributed by atoms with Crippen LogP contribution in [0, 0.1) is 0 Å². The molecular weight excluding hydrogens is 275 g/mol. The summed E-state index contributed by atoms with van der Waals surface area (Å²) in [6, 6.07) is 2.51. The smallest absolute Gasteiger partial charge is 0.416 e. The largest absolute Gasteiger partial charge is 0.478 e. The zero-order valence-corrected chi connectivity index (χ0v) is 11.1. The van der Waals surface area contributed by atoms with Crippen LogP contribution in [-0.2, 0) is 6.18 Å². The maximum atomic E-state index is 12.6. The highest BCUT2D eigenvalue weighted by molar-refractivity contribution is 5.94. The molecule has 112 valence electrons. The van der Waals surface area contributed by atoms with Crippen molar-refractivity contribution < 1.29 is 28.2 Å². The molecule has 0 heterocycles. The molecule has 0 amide bonds. The number of alkyl halides is 3. The molecule has 0 aliphatic carbocycles. The van der Waals surface area contributed by atoms with Gasteiger partial charge in [0.1, 0.15) is 0 Å². The molecule has 20 heavy (non-hydrogen) atoms. The molecule has 0 saturated carbocycles. The van der Waals surface area contributed by atoms with Crippen LogP contribution in [-0.4, -0.2) is 28.3 Å². The first-order chi connectivity index (χ1) is 9.07. The molecule has 0 radical (unpaired) electrons. The zero-order chi connectivity index (χ0) is 15.6. The van der Waals surface area contributed by atoms with Crippen molar-refractivity contribution in [1.29, 1.82) is 0 Å². The number of anilines is 1. The Morgan fingerprint density at radius 3 is 2.35 bits per heavy atom. The molecule has 0 aromatic heterocycles. The average molecular weight is 291 g/mol. The van der Waals surface area contributed by atoms with Gasteiger partial charge in [-0.3, -0.25) is 0 Å². The van der Waals surface area contributed by atoms with Crippen molar-refractivity contribution in [1.82, 2.24) is 0 Å². The molecule has 0 fully saturated rings. The number of aliphatic hydroxyl groups is 1. The molecule has 1 aromatic rings. The lowest BCUT2D eigenvalue weighted by molar-refractivity contribution is -0.137. The van der Waals surface area contributed by atoms with Crippen LogP contribution in [0.1, 0.15) is 36.2 Å². The maximum absolute atomic E-state index is 12.6. The van der Waals surface area contributed by atoms with Gasteiger partial charge < -0.3 is 15.5 Å². The number of nitrogens with one attached hydrogen (secondary N) is 1. The van der Waals surface area contributed by atoms with Gasteiger partial charge >= 0.3 is 12.1 Å². The van der Waals surface area contributed by atoms with Crippen molar-refractivity contribution in [2.45, 2.75) is 32.0 Å². The van der Waals surface area contributed by atoms with Crippen LogP contribution in [0.2, 0.25) is 0 Å². The lowest BCUT2D eigenvalue weighted by atomic mass is 9.99. The number of rotatable bonds is 5. The minimum atomic E-state index is -4.59. The Bertz CT molecular complexity index is 498. The van der Waals surface area contributed by atoms with E-state index in [4.69, 9.17) is 10.2 Å². The van der Waals surface area contributed by atoms with Gasteiger partial charge in [-0.15, -0.1) is 0 Å². The summed E-state index contributed by atoms with van der Waals surface area (Å²) in [7, 11) is 0. The molecule has 1 aromatic carbocycles. The van der Waals surface area contributed by atoms with Crippen molar-refractivity contribution >= 4 is 11.7 Å². The maximum Gasteiger partial charge on any atom is 0.416 e. The van der Waals surface area contributed by atoms with E-state index in [-0.39, 0.29) is 12.3 Å². The number of aliphatic hydroxyl groups excluding tert-OH is 1. The van der Waals surface area contributed by atoms with Crippen LogP contribution < -0.4 is 5.32 Å².